The number of hydrogen-bond acceptors (Lipinski definition) is 4. The summed E-state index contributed by atoms with van der Waals surface area (Å²) in [7, 11) is -2.19. The first-order valence-corrected chi connectivity index (χ1v) is 7.62. The normalized spacial score (nSPS) is 10.7. The average molecular weight is 302 g/mol. The number of anilines is 1. The summed E-state index contributed by atoms with van der Waals surface area (Å²) < 4.78 is 32.1. The zero-order valence-corrected chi connectivity index (χ0v) is 12.4. The number of nitriles is 1. The minimum absolute atomic E-state index is 0.130. The molecule has 0 bridgehead atoms. The topological polar surface area (TPSA) is 79.2 Å². The van der Waals surface area contributed by atoms with Crippen LogP contribution in [0.2, 0.25) is 0 Å². The maximum Gasteiger partial charge on any atom is 0.261 e. The lowest BCUT2D eigenvalue weighted by Crippen LogP contribution is -2.13. The first-order valence-electron chi connectivity index (χ1n) is 6.14. The van der Waals surface area contributed by atoms with Crippen molar-refractivity contribution in [1.82, 2.24) is 0 Å². The minimum Gasteiger partial charge on any atom is -0.497 e. The highest BCUT2D eigenvalue weighted by Gasteiger charge is 2.15. The molecule has 0 aromatic heterocycles. The molecule has 0 aliphatic rings. The third-order valence-corrected chi connectivity index (χ3v) is 4.36. The molecule has 5 nitrogen and oxygen atoms in total. The Morgan fingerprint density at radius 2 is 1.81 bits per heavy atom. The van der Waals surface area contributed by atoms with E-state index in [0.717, 1.165) is 5.56 Å². The van der Waals surface area contributed by atoms with E-state index in [1.807, 2.05) is 6.07 Å². The van der Waals surface area contributed by atoms with Gasteiger partial charge in [-0.2, -0.15) is 5.26 Å². The maximum atomic E-state index is 12.3. The molecular weight excluding hydrogens is 288 g/mol. The monoisotopic (exact) mass is 302 g/mol. The van der Waals surface area contributed by atoms with Crippen molar-refractivity contribution in [3.05, 3.63) is 53.6 Å². The third-order valence-electron chi connectivity index (χ3n) is 2.98. The molecule has 1 N–H and O–H groups in total. The van der Waals surface area contributed by atoms with Crippen LogP contribution in [0.25, 0.3) is 0 Å². The second-order valence-electron chi connectivity index (χ2n) is 4.42. The highest BCUT2D eigenvalue weighted by Crippen LogP contribution is 2.22. The summed E-state index contributed by atoms with van der Waals surface area (Å²) in [5, 5.41) is 8.88. The van der Waals surface area contributed by atoms with Crippen LogP contribution in [0.1, 0.15) is 11.1 Å². The highest BCUT2D eigenvalue weighted by molar-refractivity contribution is 7.92. The smallest absolute Gasteiger partial charge is 0.261 e. The van der Waals surface area contributed by atoms with E-state index in [0.29, 0.717) is 17.0 Å². The molecule has 0 amide bonds. The lowest BCUT2D eigenvalue weighted by atomic mass is 10.1. The Bertz CT molecular complexity index is 791. The van der Waals surface area contributed by atoms with Crippen molar-refractivity contribution < 1.29 is 13.2 Å². The van der Waals surface area contributed by atoms with Crippen molar-refractivity contribution in [3.8, 4) is 11.8 Å². The minimum atomic E-state index is -3.70. The number of ether oxygens (including phenoxy) is 1. The molecule has 2 aromatic carbocycles. The Morgan fingerprint density at radius 1 is 1.14 bits per heavy atom. The maximum absolute atomic E-state index is 12.3. The van der Waals surface area contributed by atoms with E-state index in [4.69, 9.17) is 10.00 Å². The molecule has 0 saturated carbocycles. The van der Waals surface area contributed by atoms with Gasteiger partial charge in [0.15, 0.2) is 0 Å². The molecule has 0 heterocycles. The molecule has 2 aromatic rings. The first-order chi connectivity index (χ1) is 9.96. The summed E-state index contributed by atoms with van der Waals surface area (Å²) >= 11 is 0. The van der Waals surface area contributed by atoms with Crippen LogP contribution < -0.4 is 9.46 Å². The SMILES string of the molecule is COc1ccc(S(=O)(=O)Nc2cc(C#N)ccc2C)cc1. The fraction of sp³-hybridized carbons (Fsp3) is 0.133. The quantitative estimate of drug-likeness (QED) is 0.941. The van der Waals surface area contributed by atoms with Gasteiger partial charge in [0, 0.05) is 0 Å². The van der Waals surface area contributed by atoms with Crippen LogP contribution in [0, 0.1) is 18.3 Å². The Morgan fingerprint density at radius 3 is 2.38 bits per heavy atom. The van der Waals surface area contributed by atoms with Crippen LogP contribution in [-0.2, 0) is 10.0 Å². The predicted octanol–water partition coefficient (Wildman–Crippen LogP) is 2.68. The fourth-order valence-electron chi connectivity index (χ4n) is 1.76. The van der Waals surface area contributed by atoms with E-state index in [1.54, 1.807) is 31.2 Å². The fourth-order valence-corrected chi connectivity index (χ4v) is 2.88. The molecule has 6 heteroatoms. The van der Waals surface area contributed by atoms with Gasteiger partial charge >= 0.3 is 0 Å². The van der Waals surface area contributed by atoms with Gasteiger partial charge in [0.2, 0.25) is 0 Å². The molecule has 0 fully saturated rings. The second kappa shape index (κ2) is 5.85. The number of benzene rings is 2. The molecule has 21 heavy (non-hydrogen) atoms. The number of hydrogen-bond donors (Lipinski definition) is 1. The van der Waals surface area contributed by atoms with E-state index < -0.39 is 10.0 Å². The van der Waals surface area contributed by atoms with Gasteiger partial charge in [-0.1, -0.05) is 6.07 Å². The summed E-state index contributed by atoms with van der Waals surface area (Å²) in [5.41, 5.74) is 1.53. The van der Waals surface area contributed by atoms with Gasteiger partial charge in [0.05, 0.1) is 29.3 Å². The zero-order chi connectivity index (χ0) is 15.5. The summed E-state index contributed by atoms with van der Waals surface area (Å²) in [5.74, 6) is 0.580. The van der Waals surface area contributed by atoms with Crippen molar-refractivity contribution in [1.29, 1.82) is 5.26 Å². The van der Waals surface area contributed by atoms with Gasteiger partial charge in [-0.15, -0.1) is 0 Å². The molecular formula is C15H14N2O3S. The average Bonchev–Trinajstić information content (AvgIpc) is 2.49. The molecule has 0 unspecified atom stereocenters. The van der Waals surface area contributed by atoms with Gasteiger partial charge in [-0.25, -0.2) is 8.42 Å². The first kappa shape index (κ1) is 14.9. The van der Waals surface area contributed by atoms with Crippen molar-refractivity contribution in [2.24, 2.45) is 0 Å². The number of rotatable bonds is 4. The standard InChI is InChI=1S/C15H14N2O3S/c1-11-3-4-12(10-16)9-15(11)17-21(18,19)14-7-5-13(20-2)6-8-14/h3-9,17H,1-2H3. The van der Waals surface area contributed by atoms with Crippen molar-refractivity contribution in [2.75, 3.05) is 11.8 Å². The van der Waals surface area contributed by atoms with E-state index >= 15 is 0 Å². The highest BCUT2D eigenvalue weighted by atomic mass is 32.2. The summed E-state index contributed by atoms with van der Waals surface area (Å²) in [4.78, 5) is 0.130. The number of nitrogens with zero attached hydrogens (tertiary/aromatic N) is 1. The van der Waals surface area contributed by atoms with Crippen LogP contribution in [0.3, 0.4) is 0 Å². The van der Waals surface area contributed by atoms with Gasteiger partial charge in [0.1, 0.15) is 5.75 Å². The Balaban J connectivity index is 2.35. The summed E-state index contributed by atoms with van der Waals surface area (Å²) in [6, 6.07) is 12.9. The molecule has 0 aliphatic carbocycles. The van der Waals surface area contributed by atoms with Gasteiger partial charge < -0.3 is 4.74 Å². The number of nitrogens with one attached hydrogen (secondary N) is 1. The molecule has 0 saturated heterocycles. The Labute approximate surface area is 123 Å². The van der Waals surface area contributed by atoms with Crippen LogP contribution in [0.4, 0.5) is 5.69 Å². The zero-order valence-electron chi connectivity index (χ0n) is 11.6. The Kier molecular flexibility index (Phi) is 4.15. The summed E-state index contributed by atoms with van der Waals surface area (Å²) in [6.07, 6.45) is 0. The molecule has 0 spiro atoms. The van der Waals surface area contributed by atoms with Crippen LogP contribution in [0.5, 0.6) is 5.75 Å². The van der Waals surface area contributed by atoms with Gasteiger partial charge in [0.25, 0.3) is 10.0 Å². The van der Waals surface area contributed by atoms with Gasteiger partial charge in [-0.05, 0) is 48.9 Å². The second-order valence-corrected chi connectivity index (χ2v) is 6.10. The lowest BCUT2D eigenvalue weighted by Gasteiger charge is -2.11. The largest absolute Gasteiger partial charge is 0.497 e. The van der Waals surface area contributed by atoms with Crippen LogP contribution in [-0.4, -0.2) is 15.5 Å². The van der Waals surface area contributed by atoms with E-state index in [1.165, 1.54) is 25.3 Å². The van der Waals surface area contributed by atoms with E-state index in [-0.39, 0.29) is 4.90 Å². The van der Waals surface area contributed by atoms with Crippen molar-refractivity contribution >= 4 is 15.7 Å². The Hall–Kier alpha value is -2.52. The van der Waals surface area contributed by atoms with Crippen LogP contribution >= 0.6 is 0 Å². The lowest BCUT2D eigenvalue weighted by molar-refractivity contribution is 0.414. The molecule has 2 rings (SSSR count). The van der Waals surface area contributed by atoms with Gasteiger partial charge in [-0.3, -0.25) is 4.72 Å². The molecule has 0 radical (unpaired) electrons. The predicted molar refractivity (Wildman–Crippen MR) is 79.7 cm³/mol. The number of aryl methyl sites for hydroxylation is 1. The van der Waals surface area contributed by atoms with Crippen molar-refractivity contribution in [3.63, 3.8) is 0 Å². The molecule has 108 valence electrons. The third kappa shape index (κ3) is 3.33. The number of sulfonamides is 1. The van der Waals surface area contributed by atoms with E-state index in [2.05, 4.69) is 4.72 Å². The molecule has 0 aliphatic heterocycles. The number of methoxy groups -OCH3 is 1. The summed E-state index contributed by atoms with van der Waals surface area (Å²) in [6.45, 7) is 1.77. The molecule has 0 atom stereocenters. The van der Waals surface area contributed by atoms with Crippen LogP contribution in [0.15, 0.2) is 47.4 Å². The van der Waals surface area contributed by atoms with Crippen molar-refractivity contribution in [2.45, 2.75) is 11.8 Å². The van der Waals surface area contributed by atoms with E-state index in [9.17, 15) is 8.42 Å².